The second kappa shape index (κ2) is 10.2. The molecule has 0 saturated heterocycles. The summed E-state index contributed by atoms with van der Waals surface area (Å²) in [6.07, 6.45) is 0. The number of hydrogen-bond donors (Lipinski definition) is 0. The summed E-state index contributed by atoms with van der Waals surface area (Å²) in [5.41, 5.74) is 2.75. The molecule has 158 valence electrons. The van der Waals surface area contributed by atoms with Crippen LogP contribution in [0, 0.1) is 0 Å². The van der Waals surface area contributed by atoms with Gasteiger partial charge in [-0.15, -0.1) is 0 Å². The van der Waals surface area contributed by atoms with Gasteiger partial charge in [0.15, 0.2) is 11.6 Å². The minimum atomic E-state index is -0.683. The standard InChI is InChI=1S/C28H20Br2O2/c29-23-15-7-13-21(17-23)25(27(31)19-9-3-1-4-10-19)26(22-14-8-16-24(30)18-22)28(32)20-11-5-2-6-12-20/h1-18,25-26H. The summed E-state index contributed by atoms with van der Waals surface area (Å²) < 4.78 is 1.72. The first kappa shape index (κ1) is 22.4. The number of carbonyl (C=O) groups is 2. The maximum Gasteiger partial charge on any atom is 0.171 e. The van der Waals surface area contributed by atoms with E-state index in [1.807, 2.05) is 84.9 Å². The van der Waals surface area contributed by atoms with E-state index in [4.69, 9.17) is 0 Å². The number of Topliss-reactive ketones (excluding diaryl/α,β-unsaturated/α-hetero) is 2. The lowest BCUT2D eigenvalue weighted by Crippen LogP contribution is -2.27. The Bertz CT molecular complexity index is 1140. The first-order valence-electron chi connectivity index (χ1n) is 10.2. The van der Waals surface area contributed by atoms with Crippen LogP contribution in [0.25, 0.3) is 0 Å². The van der Waals surface area contributed by atoms with Crippen molar-refractivity contribution in [2.75, 3.05) is 0 Å². The molecular formula is C28H20Br2O2. The molecule has 0 saturated carbocycles. The van der Waals surface area contributed by atoms with Gasteiger partial charge in [-0.25, -0.2) is 0 Å². The molecule has 0 bridgehead atoms. The fraction of sp³-hybridized carbons (Fsp3) is 0.0714. The van der Waals surface area contributed by atoms with Crippen molar-refractivity contribution in [1.82, 2.24) is 0 Å². The summed E-state index contributed by atoms with van der Waals surface area (Å²) in [6, 6.07) is 33.7. The molecule has 0 amide bonds. The second-order valence-corrected chi connectivity index (χ2v) is 9.36. The van der Waals surface area contributed by atoms with E-state index in [0.717, 1.165) is 20.1 Å². The van der Waals surface area contributed by atoms with E-state index in [9.17, 15) is 9.59 Å². The van der Waals surface area contributed by atoms with Crippen LogP contribution in [0.5, 0.6) is 0 Å². The minimum absolute atomic E-state index is 0.0852. The zero-order chi connectivity index (χ0) is 22.5. The van der Waals surface area contributed by atoms with Crippen molar-refractivity contribution in [3.05, 3.63) is 140 Å². The lowest BCUT2D eigenvalue weighted by atomic mass is 9.73. The van der Waals surface area contributed by atoms with Crippen molar-refractivity contribution in [3.63, 3.8) is 0 Å². The van der Waals surface area contributed by atoms with Crippen molar-refractivity contribution in [2.45, 2.75) is 11.8 Å². The molecule has 2 nitrogen and oxygen atoms in total. The minimum Gasteiger partial charge on any atom is -0.293 e. The molecule has 32 heavy (non-hydrogen) atoms. The van der Waals surface area contributed by atoms with E-state index in [0.29, 0.717) is 11.1 Å². The van der Waals surface area contributed by atoms with E-state index < -0.39 is 11.8 Å². The molecule has 0 aliphatic carbocycles. The van der Waals surface area contributed by atoms with Crippen molar-refractivity contribution in [2.24, 2.45) is 0 Å². The third-order valence-electron chi connectivity index (χ3n) is 5.43. The molecule has 4 heteroatoms. The van der Waals surface area contributed by atoms with Gasteiger partial charge in [-0.2, -0.15) is 0 Å². The van der Waals surface area contributed by atoms with E-state index >= 15 is 0 Å². The predicted octanol–water partition coefficient (Wildman–Crippen LogP) is 7.84. The number of benzene rings is 4. The molecule has 0 heterocycles. The van der Waals surface area contributed by atoms with Crippen LogP contribution in [0.2, 0.25) is 0 Å². The first-order valence-corrected chi connectivity index (χ1v) is 11.8. The zero-order valence-corrected chi connectivity index (χ0v) is 20.3. The average Bonchev–Trinajstić information content (AvgIpc) is 2.83. The Kier molecular flexibility index (Phi) is 7.13. The van der Waals surface area contributed by atoms with Crippen molar-refractivity contribution < 1.29 is 9.59 Å². The van der Waals surface area contributed by atoms with Gasteiger partial charge in [0.25, 0.3) is 0 Å². The highest BCUT2D eigenvalue weighted by atomic mass is 79.9. The molecule has 0 N–H and O–H groups in total. The van der Waals surface area contributed by atoms with E-state index in [1.54, 1.807) is 24.3 Å². The Morgan fingerprint density at radius 2 is 0.875 bits per heavy atom. The summed E-state index contributed by atoms with van der Waals surface area (Å²) in [7, 11) is 0. The third kappa shape index (κ3) is 4.98. The molecule has 4 aromatic carbocycles. The van der Waals surface area contributed by atoms with Crippen LogP contribution in [0.1, 0.15) is 43.7 Å². The molecule has 0 aliphatic rings. The van der Waals surface area contributed by atoms with Gasteiger partial charge < -0.3 is 0 Å². The Balaban J connectivity index is 1.93. The number of rotatable bonds is 7. The van der Waals surface area contributed by atoms with Crippen LogP contribution in [-0.4, -0.2) is 11.6 Å². The summed E-state index contributed by atoms with van der Waals surface area (Å²) in [4.78, 5) is 27.8. The van der Waals surface area contributed by atoms with Crippen molar-refractivity contribution in [1.29, 1.82) is 0 Å². The van der Waals surface area contributed by atoms with E-state index in [-0.39, 0.29) is 11.6 Å². The number of ketones is 2. The predicted molar refractivity (Wildman–Crippen MR) is 135 cm³/mol. The molecule has 4 aromatic rings. The third-order valence-corrected chi connectivity index (χ3v) is 6.42. The molecular weight excluding hydrogens is 528 g/mol. The molecule has 4 rings (SSSR count). The summed E-state index contributed by atoms with van der Waals surface area (Å²) >= 11 is 7.06. The maximum absolute atomic E-state index is 13.9. The number of halogens is 2. The number of carbonyl (C=O) groups excluding carboxylic acids is 2. The Morgan fingerprint density at radius 3 is 1.22 bits per heavy atom. The first-order chi connectivity index (χ1) is 15.5. The van der Waals surface area contributed by atoms with E-state index in [1.165, 1.54) is 0 Å². The SMILES string of the molecule is O=C(c1ccccc1)C(c1cccc(Br)c1)C(C(=O)c1ccccc1)c1cccc(Br)c1. The van der Waals surface area contributed by atoms with Gasteiger partial charge in [0, 0.05) is 20.1 Å². The molecule has 0 radical (unpaired) electrons. The molecule has 2 atom stereocenters. The highest BCUT2D eigenvalue weighted by Crippen LogP contribution is 2.39. The van der Waals surface area contributed by atoms with Crippen molar-refractivity contribution >= 4 is 43.4 Å². The average molecular weight is 548 g/mol. The topological polar surface area (TPSA) is 34.1 Å². The molecule has 0 aromatic heterocycles. The molecule has 0 aliphatic heterocycles. The van der Waals surface area contributed by atoms with Crippen LogP contribution in [0.3, 0.4) is 0 Å². The molecule has 0 spiro atoms. The van der Waals surface area contributed by atoms with Crippen LogP contribution in [0.15, 0.2) is 118 Å². The highest BCUT2D eigenvalue weighted by Gasteiger charge is 2.37. The molecule has 0 fully saturated rings. The van der Waals surface area contributed by atoms with Gasteiger partial charge in [0.2, 0.25) is 0 Å². The van der Waals surface area contributed by atoms with Gasteiger partial charge in [0.1, 0.15) is 0 Å². The lowest BCUT2D eigenvalue weighted by Gasteiger charge is -2.27. The van der Waals surface area contributed by atoms with Gasteiger partial charge >= 0.3 is 0 Å². The summed E-state index contributed by atoms with van der Waals surface area (Å²) in [6.45, 7) is 0. The van der Waals surface area contributed by atoms with Crippen LogP contribution in [-0.2, 0) is 0 Å². The van der Waals surface area contributed by atoms with Gasteiger partial charge in [0.05, 0.1) is 11.8 Å². The monoisotopic (exact) mass is 546 g/mol. The second-order valence-electron chi connectivity index (χ2n) is 7.53. The largest absolute Gasteiger partial charge is 0.293 e. The Hall–Kier alpha value is -2.82. The van der Waals surface area contributed by atoms with Gasteiger partial charge in [-0.05, 0) is 35.4 Å². The smallest absolute Gasteiger partial charge is 0.171 e. The lowest BCUT2D eigenvalue weighted by molar-refractivity contribution is 0.0866. The normalized spacial score (nSPS) is 12.7. The van der Waals surface area contributed by atoms with Crippen LogP contribution < -0.4 is 0 Å². The molecule has 2 unspecified atom stereocenters. The van der Waals surface area contributed by atoms with Crippen LogP contribution >= 0.6 is 31.9 Å². The quantitative estimate of drug-likeness (QED) is 0.221. The Morgan fingerprint density at radius 1 is 0.500 bits per heavy atom. The summed E-state index contributed by atoms with van der Waals surface area (Å²) in [5.74, 6) is -1.54. The summed E-state index contributed by atoms with van der Waals surface area (Å²) in [5, 5.41) is 0. The fourth-order valence-electron chi connectivity index (χ4n) is 3.95. The van der Waals surface area contributed by atoms with E-state index in [2.05, 4.69) is 31.9 Å². The van der Waals surface area contributed by atoms with Crippen molar-refractivity contribution in [3.8, 4) is 0 Å². The number of hydrogen-bond acceptors (Lipinski definition) is 2. The maximum atomic E-state index is 13.9. The highest BCUT2D eigenvalue weighted by molar-refractivity contribution is 9.10. The van der Waals surface area contributed by atoms with Gasteiger partial charge in [-0.1, -0.05) is 117 Å². The Labute approximate surface area is 204 Å². The van der Waals surface area contributed by atoms with Crippen LogP contribution in [0.4, 0.5) is 0 Å². The fourth-order valence-corrected chi connectivity index (χ4v) is 4.79. The van der Waals surface area contributed by atoms with Gasteiger partial charge in [-0.3, -0.25) is 9.59 Å². The zero-order valence-electron chi connectivity index (χ0n) is 17.1.